The number of hydrogen-bond acceptors (Lipinski definition) is 3. The molecule has 100 valence electrons. The third kappa shape index (κ3) is 2.26. The van der Waals surface area contributed by atoms with Crippen LogP contribution in [0.5, 0.6) is 0 Å². The minimum absolute atomic E-state index is 0.0245. The summed E-state index contributed by atoms with van der Waals surface area (Å²) in [6.45, 7) is 2.54. The van der Waals surface area contributed by atoms with Crippen molar-refractivity contribution in [2.24, 2.45) is 0 Å². The van der Waals surface area contributed by atoms with Crippen molar-refractivity contribution in [2.45, 2.75) is 17.2 Å². The molecule has 0 spiro atoms. The van der Waals surface area contributed by atoms with Gasteiger partial charge in [-0.2, -0.15) is 4.31 Å². The summed E-state index contributed by atoms with van der Waals surface area (Å²) in [4.78, 5) is 0.389. The molecule has 2 aromatic carbocycles. The number of fused-ring (bicyclic) bond motifs is 1. The molecule has 1 aliphatic heterocycles. The lowest BCUT2D eigenvalue weighted by molar-refractivity contribution is 0.442. The van der Waals surface area contributed by atoms with Crippen molar-refractivity contribution in [3.05, 3.63) is 42.5 Å². The second kappa shape index (κ2) is 4.81. The fraction of sp³-hybridized carbons (Fsp3) is 0.286. The highest BCUT2D eigenvalue weighted by Crippen LogP contribution is 2.30. The van der Waals surface area contributed by atoms with Gasteiger partial charge in [-0.25, -0.2) is 8.42 Å². The normalized spacial score (nSPS) is 21.0. The molecule has 0 saturated carbocycles. The van der Waals surface area contributed by atoms with E-state index in [0.29, 0.717) is 11.4 Å². The van der Waals surface area contributed by atoms with E-state index in [-0.39, 0.29) is 5.37 Å². The van der Waals surface area contributed by atoms with Crippen LogP contribution in [0.1, 0.15) is 6.92 Å². The Labute approximate surface area is 117 Å². The van der Waals surface area contributed by atoms with Crippen molar-refractivity contribution >= 4 is 32.6 Å². The highest BCUT2D eigenvalue weighted by molar-refractivity contribution is 8.01. The molecule has 1 aliphatic rings. The van der Waals surface area contributed by atoms with E-state index in [4.69, 9.17) is 0 Å². The second-order valence-electron chi connectivity index (χ2n) is 4.59. The van der Waals surface area contributed by atoms with Crippen molar-refractivity contribution in [1.82, 2.24) is 4.31 Å². The monoisotopic (exact) mass is 293 g/mol. The quantitative estimate of drug-likeness (QED) is 0.854. The van der Waals surface area contributed by atoms with E-state index in [1.165, 1.54) is 0 Å². The minimum Gasteiger partial charge on any atom is -0.207 e. The maximum atomic E-state index is 12.6. The van der Waals surface area contributed by atoms with Crippen LogP contribution in [-0.2, 0) is 10.0 Å². The third-order valence-corrected chi connectivity index (χ3v) is 6.66. The van der Waals surface area contributed by atoms with E-state index >= 15 is 0 Å². The Morgan fingerprint density at radius 2 is 1.89 bits per heavy atom. The van der Waals surface area contributed by atoms with E-state index in [2.05, 4.69) is 0 Å². The molecule has 3 nitrogen and oxygen atoms in total. The summed E-state index contributed by atoms with van der Waals surface area (Å²) in [6, 6.07) is 13.1. The number of sulfonamides is 1. The van der Waals surface area contributed by atoms with Crippen LogP contribution in [0, 0.1) is 0 Å². The van der Waals surface area contributed by atoms with Crippen LogP contribution >= 0.6 is 11.8 Å². The molecule has 3 rings (SSSR count). The summed E-state index contributed by atoms with van der Waals surface area (Å²) < 4.78 is 26.8. The molecule has 1 atom stereocenters. The van der Waals surface area contributed by atoms with Crippen LogP contribution in [0.25, 0.3) is 10.8 Å². The van der Waals surface area contributed by atoms with Crippen LogP contribution in [-0.4, -0.2) is 30.4 Å². The molecule has 0 aromatic heterocycles. The number of benzene rings is 2. The second-order valence-corrected chi connectivity index (χ2v) is 7.91. The van der Waals surface area contributed by atoms with Gasteiger partial charge in [0.1, 0.15) is 0 Å². The number of hydrogen-bond donors (Lipinski definition) is 0. The Morgan fingerprint density at radius 1 is 1.16 bits per heavy atom. The Balaban J connectivity index is 2.08. The predicted molar refractivity (Wildman–Crippen MR) is 79.8 cm³/mol. The number of thioether (sulfide) groups is 1. The lowest BCUT2D eigenvalue weighted by Gasteiger charge is -2.20. The summed E-state index contributed by atoms with van der Waals surface area (Å²) >= 11 is 1.68. The first-order valence-corrected chi connectivity index (χ1v) is 8.70. The standard InChI is InChI=1S/C14H15NO2S2/c1-11-15(8-9-18-11)19(16,17)14-7-6-12-4-2-3-5-13(12)10-14/h2-7,10-11H,8-9H2,1H3/t11-/m1/s1. The molecular weight excluding hydrogens is 278 g/mol. The maximum absolute atomic E-state index is 12.6. The Morgan fingerprint density at radius 3 is 2.58 bits per heavy atom. The lowest BCUT2D eigenvalue weighted by Crippen LogP contribution is -2.33. The fourth-order valence-corrected chi connectivity index (χ4v) is 5.42. The first kappa shape index (κ1) is 13.0. The Kier molecular flexibility index (Phi) is 3.28. The first-order valence-electron chi connectivity index (χ1n) is 6.21. The maximum Gasteiger partial charge on any atom is 0.244 e. The van der Waals surface area contributed by atoms with Crippen LogP contribution in [0.15, 0.2) is 47.4 Å². The van der Waals surface area contributed by atoms with Crippen LogP contribution < -0.4 is 0 Å². The van der Waals surface area contributed by atoms with Crippen LogP contribution in [0.3, 0.4) is 0 Å². The molecular formula is C14H15NO2S2. The van der Waals surface area contributed by atoms with Crippen LogP contribution in [0.2, 0.25) is 0 Å². The molecule has 0 unspecified atom stereocenters. The van der Waals surface area contributed by atoms with Gasteiger partial charge in [-0.05, 0) is 29.8 Å². The molecule has 0 N–H and O–H groups in total. The minimum atomic E-state index is -3.37. The lowest BCUT2D eigenvalue weighted by atomic mass is 10.1. The molecule has 19 heavy (non-hydrogen) atoms. The van der Waals surface area contributed by atoms with E-state index < -0.39 is 10.0 Å². The summed E-state index contributed by atoms with van der Waals surface area (Å²) in [7, 11) is -3.37. The first-order chi connectivity index (χ1) is 9.09. The summed E-state index contributed by atoms with van der Waals surface area (Å²) in [5.74, 6) is 0.869. The average Bonchev–Trinajstić information content (AvgIpc) is 2.85. The topological polar surface area (TPSA) is 37.4 Å². The van der Waals surface area contributed by atoms with Crippen molar-refractivity contribution in [3.63, 3.8) is 0 Å². The predicted octanol–water partition coefficient (Wildman–Crippen LogP) is 2.92. The van der Waals surface area contributed by atoms with E-state index in [1.807, 2.05) is 37.3 Å². The average molecular weight is 293 g/mol. The van der Waals surface area contributed by atoms with E-state index in [9.17, 15) is 8.42 Å². The van der Waals surface area contributed by atoms with Gasteiger partial charge in [0.25, 0.3) is 0 Å². The third-order valence-electron chi connectivity index (χ3n) is 3.40. The van der Waals surface area contributed by atoms with Gasteiger partial charge in [0.2, 0.25) is 10.0 Å². The SMILES string of the molecule is C[C@H]1SCCN1S(=O)(=O)c1ccc2ccccc2c1. The molecule has 0 bridgehead atoms. The number of nitrogens with zero attached hydrogens (tertiary/aromatic N) is 1. The van der Waals surface area contributed by atoms with Crippen molar-refractivity contribution < 1.29 is 8.42 Å². The summed E-state index contributed by atoms with van der Waals surface area (Å²) in [5.41, 5.74) is 0. The zero-order chi connectivity index (χ0) is 13.5. The largest absolute Gasteiger partial charge is 0.244 e. The van der Waals surface area contributed by atoms with Gasteiger partial charge in [0.05, 0.1) is 10.3 Å². The van der Waals surface area contributed by atoms with E-state index in [1.54, 1.807) is 28.2 Å². The molecule has 0 aliphatic carbocycles. The van der Waals surface area contributed by atoms with Gasteiger partial charge in [-0.15, -0.1) is 11.8 Å². The van der Waals surface area contributed by atoms with E-state index in [0.717, 1.165) is 16.5 Å². The van der Waals surface area contributed by atoms with Gasteiger partial charge in [-0.3, -0.25) is 0 Å². The molecule has 5 heteroatoms. The van der Waals surface area contributed by atoms with Gasteiger partial charge in [0.15, 0.2) is 0 Å². The van der Waals surface area contributed by atoms with Gasteiger partial charge in [0, 0.05) is 12.3 Å². The zero-order valence-electron chi connectivity index (χ0n) is 10.6. The summed E-state index contributed by atoms with van der Waals surface area (Å²) in [6.07, 6.45) is 0. The molecule has 2 aromatic rings. The molecule has 0 radical (unpaired) electrons. The molecule has 1 heterocycles. The van der Waals surface area contributed by atoms with Gasteiger partial charge >= 0.3 is 0 Å². The summed E-state index contributed by atoms with van der Waals surface area (Å²) in [5, 5.41) is 2.05. The smallest absolute Gasteiger partial charge is 0.207 e. The van der Waals surface area contributed by atoms with Crippen molar-refractivity contribution in [1.29, 1.82) is 0 Å². The zero-order valence-corrected chi connectivity index (χ0v) is 12.2. The molecule has 1 saturated heterocycles. The highest BCUT2D eigenvalue weighted by atomic mass is 32.2. The molecule has 1 fully saturated rings. The Hall–Kier alpha value is -1.04. The van der Waals surface area contributed by atoms with Crippen molar-refractivity contribution in [3.8, 4) is 0 Å². The van der Waals surface area contributed by atoms with Crippen molar-refractivity contribution in [2.75, 3.05) is 12.3 Å². The highest BCUT2D eigenvalue weighted by Gasteiger charge is 2.33. The molecule has 0 amide bonds. The van der Waals surface area contributed by atoms with Gasteiger partial charge < -0.3 is 0 Å². The number of rotatable bonds is 2. The fourth-order valence-electron chi connectivity index (χ4n) is 2.36. The Bertz CT molecular complexity index is 712. The van der Waals surface area contributed by atoms with Crippen LogP contribution in [0.4, 0.5) is 0 Å². The van der Waals surface area contributed by atoms with Gasteiger partial charge in [-0.1, -0.05) is 30.3 Å².